The van der Waals surface area contributed by atoms with Crippen LogP contribution < -0.4 is 10.1 Å². The molecular weight excluding hydrogens is 508 g/mol. The molecule has 204 valence electrons. The molecule has 0 radical (unpaired) electrons. The summed E-state index contributed by atoms with van der Waals surface area (Å²) < 4.78 is 8.05. The van der Waals surface area contributed by atoms with Crippen LogP contribution in [-0.2, 0) is 11.3 Å². The summed E-state index contributed by atoms with van der Waals surface area (Å²) in [5.74, 6) is 0.845. The van der Waals surface area contributed by atoms with Gasteiger partial charge in [-0.05, 0) is 85.7 Å². The fourth-order valence-corrected chi connectivity index (χ4v) is 5.00. The molecular formula is C33H37ClN2O3. The Bertz CT molecular complexity index is 1500. The maximum absolute atomic E-state index is 13.2. The Kier molecular flexibility index (Phi) is 8.81. The van der Waals surface area contributed by atoms with Crippen molar-refractivity contribution >= 4 is 34.7 Å². The second-order valence-corrected chi connectivity index (χ2v) is 10.9. The van der Waals surface area contributed by atoms with Gasteiger partial charge in [0.25, 0.3) is 5.91 Å². The van der Waals surface area contributed by atoms with Gasteiger partial charge in [-0.25, -0.2) is 0 Å². The van der Waals surface area contributed by atoms with Crippen LogP contribution in [0.3, 0.4) is 0 Å². The lowest BCUT2D eigenvalue weighted by Gasteiger charge is -2.17. The summed E-state index contributed by atoms with van der Waals surface area (Å²) >= 11 is 6.35. The van der Waals surface area contributed by atoms with Crippen molar-refractivity contribution in [2.24, 2.45) is 0 Å². The van der Waals surface area contributed by atoms with E-state index in [1.165, 1.54) is 5.56 Å². The number of halogens is 1. The molecule has 1 aromatic heterocycles. The van der Waals surface area contributed by atoms with Crippen molar-refractivity contribution in [2.75, 3.05) is 0 Å². The van der Waals surface area contributed by atoms with Crippen molar-refractivity contribution in [2.45, 2.75) is 72.6 Å². The monoisotopic (exact) mass is 544 g/mol. The topological polar surface area (TPSA) is 60.3 Å². The molecule has 0 aliphatic heterocycles. The number of aromatic nitrogens is 1. The zero-order valence-corrected chi connectivity index (χ0v) is 24.3. The number of ether oxygens (including phenoxy) is 1. The highest BCUT2D eigenvalue weighted by molar-refractivity contribution is 6.32. The van der Waals surface area contributed by atoms with Gasteiger partial charge in [-0.15, -0.1) is 0 Å². The smallest absolute Gasteiger partial charge is 0.251 e. The zero-order valence-electron chi connectivity index (χ0n) is 23.5. The fourth-order valence-electron chi connectivity index (χ4n) is 4.83. The molecule has 1 heterocycles. The quantitative estimate of drug-likeness (QED) is 0.206. The summed E-state index contributed by atoms with van der Waals surface area (Å²) in [6.07, 6.45) is 0.845. The lowest BCUT2D eigenvalue weighted by atomic mass is 9.98. The minimum absolute atomic E-state index is 0.0932. The average Bonchev–Trinajstić information content (AvgIpc) is 3.17. The van der Waals surface area contributed by atoms with E-state index >= 15 is 0 Å². The molecule has 5 nitrogen and oxygen atoms in total. The SMILES string of the molecule is CC[C@@H](C=O)Oc1cc(Cn2c(C)c(C)c3cc(C(=O)N[C@@H](C)c4cccc(C(C)C)c4)ccc32)ccc1Cl. The van der Waals surface area contributed by atoms with E-state index in [1.807, 2.05) is 44.2 Å². The summed E-state index contributed by atoms with van der Waals surface area (Å²) in [6.45, 7) is 13.0. The molecule has 4 rings (SSSR count). The number of nitrogens with zero attached hydrogens (tertiary/aromatic N) is 1. The molecule has 1 N–H and O–H groups in total. The van der Waals surface area contributed by atoms with E-state index in [2.05, 4.69) is 61.8 Å². The highest BCUT2D eigenvalue weighted by Gasteiger charge is 2.17. The van der Waals surface area contributed by atoms with E-state index in [1.54, 1.807) is 6.07 Å². The van der Waals surface area contributed by atoms with E-state index in [0.717, 1.165) is 39.6 Å². The third kappa shape index (κ3) is 6.20. The van der Waals surface area contributed by atoms with Crippen LogP contribution in [0.2, 0.25) is 5.02 Å². The number of hydrogen-bond donors (Lipinski definition) is 1. The average molecular weight is 545 g/mol. The minimum atomic E-state index is -0.527. The predicted molar refractivity (Wildman–Crippen MR) is 159 cm³/mol. The Morgan fingerprint density at radius 2 is 1.77 bits per heavy atom. The number of rotatable bonds is 10. The van der Waals surface area contributed by atoms with Crippen LogP contribution in [0, 0.1) is 13.8 Å². The number of aryl methyl sites for hydroxylation is 1. The Morgan fingerprint density at radius 1 is 1.03 bits per heavy atom. The summed E-state index contributed by atoms with van der Waals surface area (Å²) in [4.78, 5) is 24.5. The molecule has 0 unspecified atom stereocenters. The van der Waals surface area contributed by atoms with Crippen LogP contribution in [0.15, 0.2) is 60.7 Å². The first-order valence-corrected chi connectivity index (χ1v) is 13.9. The molecule has 0 aliphatic rings. The second kappa shape index (κ2) is 12.1. The van der Waals surface area contributed by atoms with Crippen molar-refractivity contribution in [1.82, 2.24) is 9.88 Å². The van der Waals surface area contributed by atoms with Crippen LogP contribution in [-0.4, -0.2) is 22.9 Å². The van der Waals surface area contributed by atoms with E-state index in [-0.39, 0.29) is 11.9 Å². The van der Waals surface area contributed by atoms with Crippen molar-refractivity contribution in [3.05, 3.63) is 99.2 Å². The highest BCUT2D eigenvalue weighted by atomic mass is 35.5. The summed E-state index contributed by atoms with van der Waals surface area (Å²) in [5, 5.41) is 4.69. The number of benzene rings is 3. The Labute approximate surface area is 236 Å². The van der Waals surface area contributed by atoms with Crippen molar-refractivity contribution in [3.63, 3.8) is 0 Å². The maximum Gasteiger partial charge on any atom is 0.251 e. The normalized spacial score (nSPS) is 12.9. The molecule has 0 saturated carbocycles. The van der Waals surface area contributed by atoms with Crippen LogP contribution in [0.1, 0.15) is 84.4 Å². The van der Waals surface area contributed by atoms with E-state index < -0.39 is 6.10 Å². The van der Waals surface area contributed by atoms with E-state index in [0.29, 0.717) is 35.2 Å². The van der Waals surface area contributed by atoms with Crippen LogP contribution in [0.4, 0.5) is 0 Å². The number of nitrogens with one attached hydrogen (secondary N) is 1. The summed E-state index contributed by atoms with van der Waals surface area (Å²) in [6, 6.07) is 19.8. The Morgan fingerprint density at radius 3 is 2.46 bits per heavy atom. The first-order valence-electron chi connectivity index (χ1n) is 13.5. The molecule has 2 atom stereocenters. The van der Waals surface area contributed by atoms with Gasteiger partial charge < -0.3 is 14.6 Å². The number of amides is 1. The number of carbonyl (C=O) groups excluding carboxylic acids is 2. The number of fused-ring (bicyclic) bond motifs is 1. The van der Waals surface area contributed by atoms with Gasteiger partial charge in [-0.2, -0.15) is 0 Å². The zero-order chi connectivity index (χ0) is 28.3. The second-order valence-electron chi connectivity index (χ2n) is 10.5. The molecule has 0 saturated heterocycles. The van der Waals surface area contributed by atoms with Crippen molar-refractivity contribution in [3.8, 4) is 5.75 Å². The van der Waals surface area contributed by atoms with Gasteiger partial charge in [-0.3, -0.25) is 9.59 Å². The molecule has 4 aromatic rings. The largest absolute Gasteiger partial charge is 0.481 e. The maximum atomic E-state index is 13.2. The van der Waals surface area contributed by atoms with Crippen LogP contribution in [0.25, 0.3) is 10.9 Å². The third-order valence-electron chi connectivity index (χ3n) is 7.49. The number of carbonyl (C=O) groups is 2. The van der Waals surface area contributed by atoms with E-state index in [9.17, 15) is 9.59 Å². The van der Waals surface area contributed by atoms with Gasteiger partial charge in [-0.1, -0.05) is 62.7 Å². The van der Waals surface area contributed by atoms with Crippen LogP contribution in [0.5, 0.6) is 5.75 Å². The van der Waals surface area contributed by atoms with Gasteiger partial charge in [0.15, 0.2) is 12.4 Å². The lowest BCUT2D eigenvalue weighted by molar-refractivity contribution is -0.113. The lowest BCUT2D eigenvalue weighted by Crippen LogP contribution is -2.26. The van der Waals surface area contributed by atoms with Gasteiger partial charge in [0, 0.05) is 28.7 Å². The standard InChI is InChI=1S/C33H37ClN2O3/c1-7-28(19-37)39-32-15-24(11-13-30(32)34)18-36-23(6)21(4)29-17-27(12-14-31(29)36)33(38)35-22(5)26-10-8-9-25(16-26)20(2)3/h8-17,19-20,22,28H,7,18H2,1-6H3,(H,35,38)/t22-,28-/m0/s1. The van der Waals surface area contributed by atoms with Gasteiger partial charge in [0.05, 0.1) is 11.1 Å². The highest BCUT2D eigenvalue weighted by Crippen LogP contribution is 2.31. The van der Waals surface area contributed by atoms with Crippen molar-refractivity contribution in [1.29, 1.82) is 0 Å². The van der Waals surface area contributed by atoms with E-state index in [4.69, 9.17) is 16.3 Å². The molecule has 6 heteroatoms. The molecule has 0 aliphatic carbocycles. The third-order valence-corrected chi connectivity index (χ3v) is 7.81. The molecule has 0 spiro atoms. The summed E-state index contributed by atoms with van der Waals surface area (Å²) in [7, 11) is 0. The van der Waals surface area contributed by atoms with Gasteiger partial charge >= 0.3 is 0 Å². The first-order chi connectivity index (χ1) is 18.6. The first kappa shape index (κ1) is 28.4. The molecule has 3 aromatic carbocycles. The Hall–Kier alpha value is -3.57. The van der Waals surface area contributed by atoms with Gasteiger partial charge in [0.2, 0.25) is 0 Å². The molecule has 39 heavy (non-hydrogen) atoms. The predicted octanol–water partition coefficient (Wildman–Crippen LogP) is 7.93. The minimum Gasteiger partial charge on any atom is -0.481 e. The molecule has 0 bridgehead atoms. The molecule has 0 fully saturated rings. The van der Waals surface area contributed by atoms with Crippen LogP contribution >= 0.6 is 11.6 Å². The van der Waals surface area contributed by atoms with Gasteiger partial charge in [0.1, 0.15) is 5.75 Å². The van der Waals surface area contributed by atoms with Crippen molar-refractivity contribution < 1.29 is 14.3 Å². The Balaban J connectivity index is 1.58. The number of hydrogen-bond acceptors (Lipinski definition) is 3. The molecule has 1 amide bonds. The fraction of sp³-hybridized carbons (Fsp3) is 0.333. The number of aldehydes is 1. The summed E-state index contributed by atoms with van der Waals surface area (Å²) in [5.41, 5.74) is 7.31.